The number of anilines is 1. The van der Waals surface area contributed by atoms with Crippen LogP contribution in [0.1, 0.15) is 29.8 Å². The molecule has 1 saturated heterocycles. The van der Waals surface area contributed by atoms with Crippen molar-refractivity contribution in [2.45, 2.75) is 32.5 Å². The molecule has 1 aliphatic heterocycles. The SMILES string of the molecule is C[C@@H]1CN(c2ccc(F)cc2)C[C@H](C)N1Cc1ccc(C(=O)O)cc1. The lowest BCUT2D eigenvalue weighted by Crippen LogP contribution is -2.56. The number of benzene rings is 2. The van der Waals surface area contributed by atoms with E-state index in [0.29, 0.717) is 17.6 Å². The molecule has 0 aromatic heterocycles. The van der Waals surface area contributed by atoms with Gasteiger partial charge in [-0.15, -0.1) is 0 Å². The molecule has 2 atom stereocenters. The second-order valence-corrected chi connectivity index (χ2v) is 6.75. The summed E-state index contributed by atoms with van der Waals surface area (Å²) in [6, 6.07) is 14.4. The first-order valence-corrected chi connectivity index (χ1v) is 8.52. The minimum atomic E-state index is -0.902. The molecule has 3 rings (SSSR count). The number of carboxylic acids is 1. The standard InChI is InChI=1S/C20H23FN2O2/c1-14-11-22(19-9-7-18(21)8-10-19)12-15(2)23(14)13-16-3-5-17(6-4-16)20(24)25/h3-10,14-15H,11-13H2,1-2H3,(H,24,25)/t14-,15+. The number of rotatable bonds is 4. The zero-order valence-corrected chi connectivity index (χ0v) is 14.5. The van der Waals surface area contributed by atoms with Crippen molar-refractivity contribution in [3.05, 3.63) is 65.5 Å². The maximum absolute atomic E-state index is 13.1. The predicted molar refractivity (Wildman–Crippen MR) is 96.5 cm³/mol. The van der Waals surface area contributed by atoms with Gasteiger partial charge in [0.05, 0.1) is 5.56 Å². The van der Waals surface area contributed by atoms with Crippen molar-refractivity contribution >= 4 is 11.7 Å². The highest BCUT2D eigenvalue weighted by Crippen LogP contribution is 2.24. The Kier molecular flexibility index (Phi) is 5.04. The van der Waals surface area contributed by atoms with Crippen LogP contribution in [0.4, 0.5) is 10.1 Å². The Labute approximate surface area is 147 Å². The lowest BCUT2D eigenvalue weighted by atomic mass is 10.0. The number of carbonyl (C=O) groups is 1. The molecule has 1 N–H and O–H groups in total. The van der Waals surface area contributed by atoms with Crippen molar-refractivity contribution in [3.63, 3.8) is 0 Å². The number of aromatic carboxylic acids is 1. The molecule has 0 bridgehead atoms. The van der Waals surface area contributed by atoms with Gasteiger partial charge in [-0.05, 0) is 55.8 Å². The number of nitrogens with zero attached hydrogens (tertiary/aromatic N) is 2. The van der Waals surface area contributed by atoms with Gasteiger partial charge in [-0.25, -0.2) is 9.18 Å². The third-order valence-corrected chi connectivity index (χ3v) is 4.86. The fourth-order valence-corrected chi connectivity index (χ4v) is 3.49. The quantitative estimate of drug-likeness (QED) is 0.922. The monoisotopic (exact) mass is 342 g/mol. The first-order chi connectivity index (χ1) is 11.9. The van der Waals surface area contributed by atoms with E-state index in [1.54, 1.807) is 12.1 Å². The molecule has 2 aromatic rings. The van der Waals surface area contributed by atoms with E-state index in [2.05, 4.69) is 23.6 Å². The lowest BCUT2D eigenvalue weighted by molar-refractivity contribution is 0.0696. The van der Waals surface area contributed by atoms with E-state index in [-0.39, 0.29) is 5.82 Å². The van der Waals surface area contributed by atoms with Crippen molar-refractivity contribution in [2.24, 2.45) is 0 Å². The third kappa shape index (κ3) is 3.99. The van der Waals surface area contributed by atoms with Crippen molar-refractivity contribution in [2.75, 3.05) is 18.0 Å². The first-order valence-electron chi connectivity index (χ1n) is 8.52. The average molecular weight is 342 g/mol. The van der Waals surface area contributed by atoms with Crippen LogP contribution in [0, 0.1) is 5.82 Å². The van der Waals surface area contributed by atoms with Crippen LogP contribution in [-0.4, -0.2) is 41.1 Å². The smallest absolute Gasteiger partial charge is 0.335 e. The molecule has 0 radical (unpaired) electrons. The Balaban J connectivity index is 1.68. The van der Waals surface area contributed by atoms with E-state index in [1.807, 2.05) is 24.3 Å². The summed E-state index contributed by atoms with van der Waals surface area (Å²) in [5.74, 6) is -1.12. The number of piperazine rings is 1. The van der Waals surface area contributed by atoms with E-state index in [4.69, 9.17) is 5.11 Å². The van der Waals surface area contributed by atoms with Crippen LogP contribution in [0.15, 0.2) is 48.5 Å². The molecule has 25 heavy (non-hydrogen) atoms. The molecule has 2 aromatic carbocycles. The minimum absolute atomic E-state index is 0.215. The van der Waals surface area contributed by atoms with Crippen LogP contribution in [-0.2, 0) is 6.54 Å². The number of hydrogen-bond donors (Lipinski definition) is 1. The van der Waals surface area contributed by atoms with Crippen molar-refractivity contribution in [1.82, 2.24) is 4.90 Å². The lowest BCUT2D eigenvalue weighted by Gasteiger charge is -2.45. The van der Waals surface area contributed by atoms with E-state index in [0.717, 1.165) is 30.9 Å². The maximum atomic E-state index is 13.1. The topological polar surface area (TPSA) is 43.8 Å². The summed E-state index contributed by atoms with van der Waals surface area (Å²) in [7, 11) is 0. The highest BCUT2D eigenvalue weighted by molar-refractivity contribution is 5.87. The Morgan fingerprint density at radius 3 is 2.12 bits per heavy atom. The van der Waals surface area contributed by atoms with Gasteiger partial charge in [0.2, 0.25) is 0 Å². The molecule has 0 saturated carbocycles. The number of carboxylic acid groups (broad SMARTS) is 1. The summed E-state index contributed by atoms with van der Waals surface area (Å²) < 4.78 is 13.1. The van der Waals surface area contributed by atoms with Gasteiger partial charge >= 0.3 is 5.97 Å². The second-order valence-electron chi connectivity index (χ2n) is 6.75. The van der Waals surface area contributed by atoms with E-state index in [9.17, 15) is 9.18 Å². The van der Waals surface area contributed by atoms with E-state index in [1.165, 1.54) is 12.1 Å². The minimum Gasteiger partial charge on any atom is -0.478 e. The van der Waals surface area contributed by atoms with Gasteiger partial charge in [-0.1, -0.05) is 12.1 Å². The molecule has 1 heterocycles. The van der Waals surface area contributed by atoms with Crippen LogP contribution in [0.5, 0.6) is 0 Å². The molecular weight excluding hydrogens is 319 g/mol. The molecule has 5 heteroatoms. The summed E-state index contributed by atoms with van der Waals surface area (Å²) in [6.45, 7) is 6.93. The summed E-state index contributed by atoms with van der Waals surface area (Å²) in [5, 5.41) is 9.00. The van der Waals surface area contributed by atoms with Crippen molar-refractivity contribution < 1.29 is 14.3 Å². The van der Waals surface area contributed by atoms with E-state index < -0.39 is 5.97 Å². The maximum Gasteiger partial charge on any atom is 0.335 e. The predicted octanol–water partition coefficient (Wildman–Crippen LogP) is 3.62. The summed E-state index contributed by atoms with van der Waals surface area (Å²) in [5.41, 5.74) is 2.47. The Morgan fingerprint density at radius 2 is 1.60 bits per heavy atom. The Morgan fingerprint density at radius 1 is 1.04 bits per heavy atom. The highest BCUT2D eigenvalue weighted by Gasteiger charge is 2.29. The Hall–Kier alpha value is -2.40. The zero-order valence-electron chi connectivity index (χ0n) is 14.5. The van der Waals surface area contributed by atoms with Gasteiger partial charge in [-0.2, -0.15) is 0 Å². The molecule has 1 aliphatic rings. The van der Waals surface area contributed by atoms with Crippen LogP contribution in [0.25, 0.3) is 0 Å². The van der Waals surface area contributed by atoms with Gasteiger partial charge in [0, 0.05) is 37.4 Å². The van der Waals surface area contributed by atoms with Gasteiger partial charge < -0.3 is 10.0 Å². The molecular formula is C20H23FN2O2. The van der Waals surface area contributed by atoms with Gasteiger partial charge in [-0.3, -0.25) is 4.90 Å². The van der Waals surface area contributed by atoms with Gasteiger partial charge in [0.1, 0.15) is 5.82 Å². The average Bonchev–Trinajstić information content (AvgIpc) is 2.59. The molecule has 0 amide bonds. The Bertz CT molecular complexity index is 718. The molecule has 1 fully saturated rings. The van der Waals surface area contributed by atoms with Crippen LogP contribution >= 0.6 is 0 Å². The summed E-state index contributed by atoms with van der Waals surface area (Å²) in [6.07, 6.45) is 0. The summed E-state index contributed by atoms with van der Waals surface area (Å²) >= 11 is 0. The normalized spacial score (nSPS) is 21.3. The number of hydrogen-bond acceptors (Lipinski definition) is 3. The molecule has 4 nitrogen and oxygen atoms in total. The van der Waals surface area contributed by atoms with Gasteiger partial charge in [0.25, 0.3) is 0 Å². The summed E-state index contributed by atoms with van der Waals surface area (Å²) in [4.78, 5) is 15.7. The fraction of sp³-hybridized carbons (Fsp3) is 0.350. The zero-order chi connectivity index (χ0) is 18.0. The second kappa shape index (κ2) is 7.23. The van der Waals surface area contributed by atoms with Crippen molar-refractivity contribution in [3.8, 4) is 0 Å². The third-order valence-electron chi connectivity index (χ3n) is 4.86. The molecule has 0 unspecified atom stereocenters. The first kappa shape index (κ1) is 17.4. The van der Waals surface area contributed by atoms with Crippen molar-refractivity contribution in [1.29, 1.82) is 0 Å². The van der Waals surface area contributed by atoms with Gasteiger partial charge in [0.15, 0.2) is 0 Å². The van der Waals surface area contributed by atoms with Crippen LogP contribution in [0.3, 0.4) is 0 Å². The molecule has 0 aliphatic carbocycles. The van der Waals surface area contributed by atoms with Crippen LogP contribution < -0.4 is 4.90 Å². The fourth-order valence-electron chi connectivity index (χ4n) is 3.49. The largest absolute Gasteiger partial charge is 0.478 e. The highest BCUT2D eigenvalue weighted by atomic mass is 19.1. The van der Waals surface area contributed by atoms with E-state index >= 15 is 0 Å². The molecule has 132 valence electrons. The van der Waals surface area contributed by atoms with Crippen LogP contribution in [0.2, 0.25) is 0 Å². The molecule has 0 spiro atoms. The number of halogens is 1.